The molecule has 238 valence electrons. The van der Waals surface area contributed by atoms with Crippen LogP contribution in [0.3, 0.4) is 0 Å². The van der Waals surface area contributed by atoms with E-state index in [2.05, 4.69) is 32.0 Å². The minimum atomic E-state index is -4.20. The van der Waals surface area contributed by atoms with Crippen molar-refractivity contribution in [1.82, 2.24) is 25.1 Å². The molecule has 0 aliphatic rings. The van der Waals surface area contributed by atoms with Crippen molar-refractivity contribution < 1.29 is 27.9 Å². The number of aryl methyl sites for hydroxylation is 4. The number of guanidine groups is 1. The maximum Gasteiger partial charge on any atom is 0.323 e. The van der Waals surface area contributed by atoms with E-state index in [1.807, 2.05) is 6.92 Å². The lowest BCUT2D eigenvalue weighted by Crippen LogP contribution is -2.48. The molecule has 1 atom stereocenters. The number of nitrogens with two attached hydrogens (primary N) is 2. The second-order valence-corrected chi connectivity index (χ2v) is 11.8. The number of sulfonamides is 1. The van der Waals surface area contributed by atoms with Gasteiger partial charge in [0.25, 0.3) is 5.91 Å². The highest BCUT2D eigenvalue weighted by molar-refractivity contribution is 7.89. The molecule has 1 amide bonds. The molecule has 3 aromatic rings. The molecule has 44 heavy (non-hydrogen) atoms. The van der Waals surface area contributed by atoms with Gasteiger partial charge in [-0.3, -0.25) is 19.3 Å². The van der Waals surface area contributed by atoms with Gasteiger partial charge in [-0.25, -0.2) is 8.42 Å². The summed E-state index contributed by atoms with van der Waals surface area (Å²) in [6.45, 7) is 9.81. The smallest absolute Gasteiger partial charge is 0.323 e. The molecule has 0 saturated heterocycles. The van der Waals surface area contributed by atoms with Crippen LogP contribution >= 0.6 is 0 Å². The zero-order valence-electron chi connectivity index (χ0n) is 25.1. The summed E-state index contributed by atoms with van der Waals surface area (Å²) in [5.74, 6) is -1.40. The van der Waals surface area contributed by atoms with Crippen molar-refractivity contribution in [2.24, 2.45) is 16.5 Å². The van der Waals surface area contributed by atoms with Crippen LogP contribution in [0, 0.1) is 20.8 Å². The number of nitrogens with zero attached hydrogens (tertiary/aromatic N) is 3. The number of carboxylic acids is 1. The van der Waals surface area contributed by atoms with Crippen LogP contribution in [0.25, 0.3) is 10.9 Å². The third-order valence-corrected chi connectivity index (χ3v) is 8.34. The topological polar surface area (TPSA) is 216 Å². The Hall–Kier alpha value is -4.47. The first-order valence-corrected chi connectivity index (χ1v) is 15.5. The number of aliphatic carboxylic acids is 1. The Morgan fingerprint density at radius 3 is 2.52 bits per heavy atom. The van der Waals surface area contributed by atoms with Crippen LogP contribution in [0.4, 0.5) is 0 Å². The standard InChI is InChI=1S/C29H40N8O6S/c1-5-32-29(31)33-9-7-10-37-25-22(16-35-37)14-21(15-24(25)43-11-6-8-30)27(38)34-17-23(28(39)40)36-44(41,42)26-19(3)12-18(2)13-20(26)4/h5,12-16,23,36H,1,6-11,17,30H2,2-4H3,(H,34,38)(H,39,40)(H3,31,32,33). The number of hydrogen-bond acceptors (Lipinski definition) is 8. The van der Waals surface area contributed by atoms with Gasteiger partial charge < -0.3 is 31.9 Å². The number of fused-ring (bicyclic) bond motifs is 1. The predicted molar refractivity (Wildman–Crippen MR) is 168 cm³/mol. The number of rotatable bonds is 16. The van der Waals surface area contributed by atoms with Crippen LogP contribution in [-0.4, -0.2) is 73.4 Å². The molecule has 14 nitrogen and oxygen atoms in total. The van der Waals surface area contributed by atoms with E-state index in [1.165, 1.54) is 12.3 Å². The maximum atomic E-state index is 13.2. The summed E-state index contributed by atoms with van der Waals surface area (Å²) in [5.41, 5.74) is 14.0. The molecule has 15 heteroatoms. The lowest BCUT2D eigenvalue weighted by atomic mass is 10.1. The van der Waals surface area contributed by atoms with E-state index in [0.717, 1.165) is 5.56 Å². The van der Waals surface area contributed by atoms with Gasteiger partial charge in [-0.15, -0.1) is 0 Å². The highest BCUT2D eigenvalue weighted by atomic mass is 32.2. The van der Waals surface area contributed by atoms with E-state index >= 15 is 0 Å². The SMILES string of the molecule is C=CNC(N)=NCCCn1ncc2cc(C(=O)NCC(NS(=O)(=O)c3c(C)cc(C)cc3C)C(=O)O)cc(OCCCN)c21. The summed E-state index contributed by atoms with van der Waals surface area (Å²) in [5, 5.41) is 20.1. The molecule has 0 aliphatic carbocycles. The summed E-state index contributed by atoms with van der Waals surface area (Å²) in [4.78, 5) is 29.4. The van der Waals surface area contributed by atoms with Crippen molar-refractivity contribution in [3.8, 4) is 5.75 Å². The molecule has 0 saturated carbocycles. The fraction of sp³-hybridized carbons (Fsp3) is 0.379. The quantitative estimate of drug-likeness (QED) is 0.0759. The number of amides is 1. The lowest BCUT2D eigenvalue weighted by Gasteiger charge is -2.18. The van der Waals surface area contributed by atoms with Crippen LogP contribution in [0.2, 0.25) is 0 Å². The third-order valence-electron chi connectivity index (χ3n) is 6.56. The van der Waals surface area contributed by atoms with Gasteiger partial charge in [-0.05, 0) is 69.6 Å². The predicted octanol–water partition coefficient (Wildman–Crippen LogP) is 1.29. The fourth-order valence-corrected chi connectivity index (χ4v) is 6.40. The molecule has 8 N–H and O–H groups in total. The first kappa shape index (κ1) is 34.0. The second-order valence-electron chi connectivity index (χ2n) is 10.2. The first-order valence-electron chi connectivity index (χ1n) is 14.0. The van der Waals surface area contributed by atoms with Gasteiger partial charge >= 0.3 is 5.97 Å². The average Bonchev–Trinajstić information content (AvgIpc) is 3.35. The summed E-state index contributed by atoms with van der Waals surface area (Å²) >= 11 is 0. The largest absolute Gasteiger partial charge is 0.491 e. The number of aliphatic imine (C=N–C) groups is 1. The van der Waals surface area contributed by atoms with Crippen LogP contribution in [0.5, 0.6) is 5.75 Å². The molecular weight excluding hydrogens is 588 g/mol. The highest BCUT2D eigenvalue weighted by Crippen LogP contribution is 2.28. The molecule has 1 heterocycles. The Bertz CT molecular complexity index is 1630. The second kappa shape index (κ2) is 15.3. The maximum absolute atomic E-state index is 13.2. The van der Waals surface area contributed by atoms with E-state index in [1.54, 1.807) is 42.9 Å². The molecule has 0 radical (unpaired) electrons. The molecule has 0 fully saturated rings. The summed E-state index contributed by atoms with van der Waals surface area (Å²) < 4.78 is 36.2. The molecular formula is C29H40N8O6S. The van der Waals surface area contributed by atoms with E-state index in [-0.39, 0.29) is 16.4 Å². The van der Waals surface area contributed by atoms with Gasteiger partial charge in [-0.2, -0.15) is 9.82 Å². The Morgan fingerprint density at radius 2 is 1.89 bits per heavy atom. The van der Waals surface area contributed by atoms with E-state index in [9.17, 15) is 23.1 Å². The molecule has 0 aliphatic heterocycles. The Morgan fingerprint density at radius 1 is 1.18 bits per heavy atom. The van der Waals surface area contributed by atoms with E-state index < -0.39 is 34.5 Å². The highest BCUT2D eigenvalue weighted by Gasteiger charge is 2.28. The molecule has 3 rings (SSSR count). The third kappa shape index (κ3) is 8.78. The number of nitrogens with one attached hydrogen (secondary N) is 3. The van der Waals surface area contributed by atoms with Crippen LogP contribution in [0.1, 0.15) is 39.9 Å². The molecule has 1 unspecified atom stereocenters. The van der Waals surface area contributed by atoms with Gasteiger partial charge in [0.15, 0.2) is 5.96 Å². The number of aromatic nitrogens is 2. The summed E-state index contributed by atoms with van der Waals surface area (Å²) in [6, 6.07) is 4.93. The van der Waals surface area contributed by atoms with Crippen LogP contribution < -0.4 is 31.6 Å². The average molecular weight is 629 g/mol. The van der Waals surface area contributed by atoms with Crippen LogP contribution in [-0.2, 0) is 21.4 Å². The van der Waals surface area contributed by atoms with Crippen molar-refractivity contribution in [3.63, 3.8) is 0 Å². The Balaban J connectivity index is 1.80. The van der Waals surface area contributed by atoms with Gasteiger partial charge in [0, 0.05) is 30.6 Å². The molecule has 1 aromatic heterocycles. The number of carbonyl (C=O) groups excluding carboxylic acids is 1. The minimum absolute atomic E-state index is 0.00566. The number of carbonyl (C=O) groups is 2. The molecule has 2 aromatic carbocycles. The van der Waals surface area contributed by atoms with Gasteiger partial charge in [-0.1, -0.05) is 24.3 Å². The Labute approximate surface area is 256 Å². The van der Waals surface area contributed by atoms with E-state index in [4.69, 9.17) is 16.2 Å². The number of ether oxygens (including phenoxy) is 1. The van der Waals surface area contributed by atoms with Gasteiger partial charge in [0.05, 0.1) is 17.7 Å². The monoisotopic (exact) mass is 628 g/mol. The van der Waals surface area contributed by atoms with Crippen molar-refractivity contribution >= 4 is 38.8 Å². The first-order chi connectivity index (χ1) is 20.9. The minimum Gasteiger partial charge on any atom is -0.491 e. The van der Waals surface area contributed by atoms with Crippen molar-refractivity contribution in [2.75, 3.05) is 26.2 Å². The van der Waals surface area contributed by atoms with Crippen molar-refractivity contribution in [2.45, 2.75) is 51.1 Å². The fourth-order valence-electron chi connectivity index (χ4n) is 4.75. The number of benzene rings is 2. The van der Waals surface area contributed by atoms with Gasteiger partial charge in [0.2, 0.25) is 10.0 Å². The number of hydrogen-bond donors (Lipinski definition) is 6. The summed E-state index contributed by atoms with van der Waals surface area (Å²) in [6.07, 6.45) is 4.23. The van der Waals surface area contributed by atoms with Gasteiger partial charge in [0.1, 0.15) is 17.3 Å². The zero-order valence-corrected chi connectivity index (χ0v) is 25.9. The van der Waals surface area contributed by atoms with E-state index in [0.29, 0.717) is 66.9 Å². The lowest BCUT2D eigenvalue weighted by molar-refractivity contribution is -0.138. The van der Waals surface area contributed by atoms with Crippen molar-refractivity contribution in [1.29, 1.82) is 0 Å². The Kier molecular flexibility index (Phi) is 11.8. The number of carboxylic acid groups (broad SMARTS) is 1. The van der Waals surface area contributed by atoms with Crippen molar-refractivity contribution in [3.05, 3.63) is 65.5 Å². The molecule has 0 spiro atoms. The normalized spacial score (nSPS) is 12.6. The summed E-state index contributed by atoms with van der Waals surface area (Å²) in [7, 11) is -4.20. The van der Waals surface area contributed by atoms with Crippen LogP contribution in [0.15, 0.2) is 53.1 Å². The zero-order chi connectivity index (χ0) is 32.4. The molecule has 0 bridgehead atoms.